The van der Waals surface area contributed by atoms with Crippen LogP contribution in [0.15, 0.2) is 36.4 Å². The molecule has 7 heteroatoms. The van der Waals surface area contributed by atoms with E-state index < -0.39 is 0 Å². The van der Waals surface area contributed by atoms with Crippen LogP contribution < -0.4 is 24.3 Å². The van der Waals surface area contributed by atoms with Gasteiger partial charge in [-0.25, -0.2) is 0 Å². The Morgan fingerprint density at radius 2 is 1.54 bits per heavy atom. The fraction of sp³-hybridized carbons (Fsp3) is 0.381. The van der Waals surface area contributed by atoms with Crippen molar-refractivity contribution in [3.05, 3.63) is 47.5 Å². The summed E-state index contributed by atoms with van der Waals surface area (Å²) in [6.45, 7) is 3.03. The Kier molecular flexibility index (Phi) is 4.44. The third kappa shape index (κ3) is 3.22. The molecule has 0 bridgehead atoms. The Labute approximate surface area is 163 Å². The maximum atomic E-state index is 12.7. The topological polar surface area (TPSA) is 69.3 Å². The third-order valence-electron chi connectivity index (χ3n) is 5.45. The van der Waals surface area contributed by atoms with Crippen LogP contribution in [0, 0.1) is 0 Å². The Hall–Kier alpha value is -2.93. The number of nitrogens with zero attached hydrogens (tertiary/aromatic N) is 1. The molecule has 1 saturated heterocycles. The molecular weight excluding hydrogens is 360 g/mol. The average Bonchev–Trinajstić information content (AvgIpc) is 3.47. The molecular formula is C21H22N2O5. The van der Waals surface area contributed by atoms with E-state index in [4.69, 9.17) is 18.9 Å². The monoisotopic (exact) mass is 382 g/mol. The van der Waals surface area contributed by atoms with Crippen molar-refractivity contribution in [2.24, 2.45) is 0 Å². The lowest BCUT2D eigenvalue weighted by atomic mass is 10.0. The molecule has 3 aliphatic rings. The largest absolute Gasteiger partial charge is 0.454 e. The average molecular weight is 382 g/mol. The molecule has 1 atom stereocenters. The first kappa shape index (κ1) is 17.2. The van der Waals surface area contributed by atoms with Gasteiger partial charge in [0.2, 0.25) is 13.6 Å². The molecule has 5 rings (SSSR count). The number of fused-ring (bicyclic) bond motifs is 2. The zero-order chi connectivity index (χ0) is 18.9. The van der Waals surface area contributed by atoms with Gasteiger partial charge in [-0.2, -0.15) is 0 Å². The van der Waals surface area contributed by atoms with Gasteiger partial charge in [0, 0.05) is 12.1 Å². The minimum Gasteiger partial charge on any atom is -0.454 e. The first-order chi connectivity index (χ1) is 13.8. The number of likely N-dealkylation sites (tertiary alicyclic amines) is 1. The van der Waals surface area contributed by atoms with Gasteiger partial charge in [-0.1, -0.05) is 6.07 Å². The number of ether oxygens (including phenoxy) is 4. The summed E-state index contributed by atoms with van der Waals surface area (Å²) >= 11 is 0. The second-order valence-electron chi connectivity index (χ2n) is 7.15. The van der Waals surface area contributed by atoms with Gasteiger partial charge in [0.1, 0.15) is 0 Å². The van der Waals surface area contributed by atoms with Gasteiger partial charge in [0.15, 0.2) is 23.0 Å². The first-order valence-corrected chi connectivity index (χ1v) is 9.59. The fourth-order valence-corrected chi connectivity index (χ4v) is 3.96. The van der Waals surface area contributed by atoms with Crippen molar-refractivity contribution in [3.8, 4) is 23.0 Å². The highest BCUT2D eigenvalue weighted by atomic mass is 16.7. The van der Waals surface area contributed by atoms with Crippen LogP contribution in [0.4, 0.5) is 0 Å². The van der Waals surface area contributed by atoms with Crippen molar-refractivity contribution >= 4 is 5.91 Å². The summed E-state index contributed by atoms with van der Waals surface area (Å²) in [5.74, 6) is 2.70. The van der Waals surface area contributed by atoms with Crippen molar-refractivity contribution in [2.75, 3.05) is 33.2 Å². The number of rotatable bonds is 5. The number of carbonyl (C=O) groups excluding carboxylic acids is 1. The predicted molar refractivity (Wildman–Crippen MR) is 101 cm³/mol. The normalized spacial score (nSPS) is 18.3. The van der Waals surface area contributed by atoms with Crippen LogP contribution >= 0.6 is 0 Å². The molecule has 0 aliphatic carbocycles. The highest BCUT2D eigenvalue weighted by Gasteiger charge is 2.26. The van der Waals surface area contributed by atoms with E-state index >= 15 is 0 Å². The molecule has 0 radical (unpaired) electrons. The van der Waals surface area contributed by atoms with Gasteiger partial charge in [0.05, 0.1) is 6.04 Å². The predicted octanol–water partition coefficient (Wildman–Crippen LogP) is 2.71. The standard InChI is InChI=1S/C21H22N2O5/c24-21(15-4-6-18-20(10-15)28-13-26-18)22-11-16(23-7-1-2-8-23)14-3-5-17-19(9-14)27-12-25-17/h3-6,9-10,16H,1-2,7-8,11-13H2,(H,22,24). The molecule has 3 aliphatic heterocycles. The van der Waals surface area contributed by atoms with Gasteiger partial charge in [-0.05, 0) is 61.8 Å². The smallest absolute Gasteiger partial charge is 0.251 e. The molecule has 3 heterocycles. The van der Waals surface area contributed by atoms with E-state index in [1.165, 1.54) is 12.8 Å². The molecule has 1 unspecified atom stereocenters. The summed E-state index contributed by atoms with van der Waals surface area (Å²) in [6, 6.07) is 11.4. The molecule has 1 fully saturated rings. The number of carbonyl (C=O) groups is 1. The minimum absolute atomic E-state index is 0.0926. The molecule has 1 N–H and O–H groups in total. The van der Waals surface area contributed by atoms with Crippen LogP contribution in [0.25, 0.3) is 0 Å². The molecule has 0 aromatic heterocycles. The minimum atomic E-state index is -0.122. The fourth-order valence-electron chi connectivity index (χ4n) is 3.96. The van der Waals surface area contributed by atoms with Crippen LogP contribution in [0.2, 0.25) is 0 Å². The van der Waals surface area contributed by atoms with Crippen LogP contribution in [0.1, 0.15) is 34.8 Å². The third-order valence-corrected chi connectivity index (χ3v) is 5.45. The van der Waals surface area contributed by atoms with Gasteiger partial charge in [-0.15, -0.1) is 0 Å². The lowest BCUT2D eigenvalue weighted by molar-refractivity contribution is 0.0937. The Morgan fingerprint density at radius 1 is 0.893 bits per heavy atom. The Morgan fingerprint density at radius 3 is 2.29 bits per heavy atom. The van der Waals surface area contributed by atoms with E-state index in [2.05, 4.69) is 16.3 Å². The molecule has 0 saturated carbocycles. The van der Waals surface area contributed by atoms with E-state index in [0.717, 1.165) is 30.2 Å². The van der Waals surface area contributed by atoms with Crippen molar-refractivity contribution in [1.29, 1.82) is 0 Å². The SMILES string of the molecule is O=C(NCC(c1ccc2c(c1)OCO2)N1CCCC1)c1ccc2c(c1)OCO2. The maximum absolute atomic E-state index is 12.7. The van der Waals surface area contributed by atoms with E-state index in [0.29, 0.717) is 23.6 Å². The first-order valence-electron chi connectivity index (χ1n) is 9.59. The Bertz CT molecular complexity index is 894. The van der Waals surface area contributed by atoms with Crippen LogP contribution in [0.3, 0.4) is 0 Å². The number of amides is 1. The van der Waals surface area contributed by atoms with Crippen molar-refractivity contribution in [3.63, 3.8) is 0 Å². The van der Waals surface area contributed by atoms with E-state index in [-0.39, 0.29) is 25.5 Å². The quantitative estimate of drug-likeness (QED) is 0.858. The zero-order valence-electron chi connectivity index (χ0n) is 15.5. The molecule has 2 aromatic carbocycles. The van der Waals surface area contributed by atoms with Gasteiger partial charge in [-0.3, -0.25) is 9.69 Å². The molecule has 1 amide bonds. The van der Waals surface area contributed by atoms with Gasteiger partial charge >= 0.3 is 0 Å². The molecule has 28 heavy (non-hydrogen) atoms. The summed E-state index contributed by atoms with van der Waals surface area (Å²) in [5.41, 5.74) is 1.69. The highest BCUT2D eigenvalue weighted by Crippen LogP contribution is 2.36. The summed E-state index contributed by atoms with van der Waals surface area (Å²) in [7, 11) is 0. The summed E-state index contributed by atoms with van der Waals surface area (Å²) in [4.78, 5) is 15.1. The number of nitrogens with one attached hydrogen (secondary N) is 1. The summed E-state index contributed by atoms with van der Waals surface area (Å²) in [5, 5.41) is 3.08. The van der Waals surface area contributed by atoms with Crippen molar-refractivity contribution in [1.82, 2.24) is 10.2 Å². The van der Waals surface area contributed by atoms with Gasteiger partial charge < -0.3 is 24.3 Å². The summed E-state index contributed by atoms with van der Waals surface area (Å²) in [6.07, 6.45) is 2.36. The van der Waals surface area contributed by atoms with Crippen molar-refractivity contribution < 1.29 is 23.7 Å². The van der Waals surface area contributed by atoms with Crippen LogP contribution in [-0.4, -0.2) is 44.0 Å². The van der Waals surface area contributed by atoms with E-state index in [1.807, 2.05) is 12.1 Å². The molecule has 7 nitrogen and oxygen atoms in total. The van der Waals surface area contributed by atoms with Crippen LogP contribution in [0.5, 0.6) is 23.0 Å². The lowest BCUT2D eigenvalue weighted by Crippen LogP contribution is -2.36. The lowest BCUT2D eigenvalue weighted by Gasteiger charge is -2.28. The number of hydrogen-bond donors (Lipinski definition) is 1. The maximum Gasteiger partial charge on any atom is 0.251 e. The van der Waals surface area contributed by atoms with Crippen LogP contribution in [-0.2, 0) is 0 Å². The second-order valence-corrected chi connectivity index (χ2v) is 7.15. The van der Waals surface area contributed by atoms with Crippen molar-refractivity contribution in [2.45, 2.75) is 18.9 Å². The Balaban J connectivity index is 1.33. The molecule has 0 spiro atoms. The zero-order valence-corrected chi connectivity index (χ0v) is 15.5. The molecule has 146 valence electrons. The molecule has 2 aromatic rings. The second kappa shape index (κ2) is 7.24. The van der Waals surface area contributed by atoms with Gasteiger partial charge in [0.25, 0.3) is 5.91 Å². The number of hydrogen-bond acceptors (Lipinski definition) is 6. The van der Waals surface area contributed by atoms with E-state index in [1.54, 1.807) is 18.2 Å². The number of benzene rings is 2. The summed E-state index contributed by atoms with van der Waals surface area (Å²) < 4.78 is 21.6. The highest BCUT2D eigenvalue weighted by molar-refractivity contribution is 5.95. The van der Waals surface area contributed by atoms with E-state index in [9.17, 15) is 4.79 Å².